The lowest BCUT2D eigenvalue weighted by atomic mass is 10.1. The number of amides is 1. The molecule has 126 valence electrons. The zero-order valence-corrected chi connectivity index (χ0v) is 14.3. The van der Waals surface area contributed by atoms with Gasteiger partial charge < -0.3 is 4.74 Å². The van der Waals surface area contributed by atoms with Crippen molar-refractivity contribution in [1.29, 1.82) is 0 Å². The third-order valence-corrected chi connectivity index (χ3v) is 4.06. The van der Waals surface area contributed by atoms with Crippen LogP contribution in [0, 0.1) is 13.8 Å². The standard InChI is InChI=1S/C21H20N2O2/c1-15-10-11-19(12-16(15)2)25-14-21(24)23-22-13-18-8-5-7-17-6-3-4-9-20(17)18/h3-13H,14H2,1-2H3,(H,23,24). The van der Waals surface area contributed by atoms with Crippen molar-refractivity contribution in [3.05, 3.63) is 77.4 Å². The van der Waals surface area contributed by atoms with Crippen LogP contribution >= 0.6 is 0 Å². The van der Waals surface area contributed by atoms with Crippen molar-refractivity contribution < 1.29 is 9.53 Å². The summed E-state index contributed by atoms with van der Waals surface area (Å²) in [6.07, 6.45) is 1.65. The first kappa shape index (κ1) is 16.7. The molecule has 3 aromatic rings. The Hall–Kier alpha value is -3.14. The van der Waals surface area contributed by atoms with Gasteiger partial charge >= 0.3 is 0 Å². The lowest BCUT2D eigenvalue weighted by Gasteiger charge is -2.07. The van der Waals surface area contributed by atoms with Crippen LogP contribution in [0.5, 0.6) is 5.75 Å². The van der Waals surface area contributed by atoms with Gasteiger partial charge in [-0.3, -0.25) is 4.79 Å². The first-order valence-corrected chi connectivity index (χ1v) is 8.13. The minimum atomic E-state index is -0.297. The minimum absolute atomic E-state index is 0.0740. The van der Waals surface area contributed by atoms with Gasteiger partial charge in [-0.05, 0) is 47.9 Å². The molecule has 0 atom stereocenters. The Labute approximate surface area is 147 Å². The Bertz CT molecular complexity index is 927. The number of benzene rings is 3. The van der Waals surface area contributed by atoms with Crippen molar-refractivity contribution in [2.45, 2.75) is 13.8 Å². The largest absolute Gasteiger partial charge is 0.484 e. The fourth-order valence-electron chi connectivity index (χ4n) is 2.52. The van der Waals surface area contributed by atoms with E-state index in [-0.39, 0.29) is 12.5 Å². The van der Waals surface area contributed by atoms with Crippen LogP contribution in [0.1, 0.15) is 16.7 Å². The first-order chi connectivity index (χ1) is 12.1. The number of hydrazone groups is 1. The average molecular weight is 332 g/mol. The monoisotopic (exact) mass is 332 g/mol. The molecule has 4 nitrogen and oxygen atoms in total. The quantitative estimate of drug-likeness (QED) is 0.567. The van der Waals surface area contributed by atoms with Gasteiger partial charge in [0.05, 0.1) is 6.21 Å². The highest BCUT2D eigenvalue weighted by Crippen LogP contribution is 2.17. The van der Waals surface area contributed by atoms with Crippen molar-refractivity contribution in [2.75, 3.05) is 6.61 Å². The van der Waals surface area contributed by atoms with Crippen LogP contribution < -0.4 is 10.2 Å². The van der Waals surface area contributed by atoms with Crippen molar-refractivity contribution >= 4 is 22.9 Å². The summed E-state index contributed by atoms with van der Waals surface area (Å²) in [5.41, 5.74) is 5.77. The Morgan fingerprint density at radius 3 is 2.68 bits per heavy atom. The molecule has 25 heavy (non-hydrogen) atoms. The van der Waals surface area contributed by atoms with Crippen LogP contribution in [-0.4, -0.2) is 18.7 Å². The van der Waals surface area contributed by atoms with E-state index in [0.717, 1.165) is 21.9 Å². The number of hydrogen-bond donors (Lipinski definition) is 1. The lowest BCUT2D eigenvalue weighted by molar-refractivity contribution is -0.123. The summed E-state index contributed by atoms with van der Waals surface area (Å²) >= 11 is 0. The van der Waals surface area contributed by atoms with Gasteiger partial charge in [-0.2, -0.15) is 5.10 Å². The molecule has 0 saturated heterocycles. The average Bonchev–Trinajstić information content (AvgIpc) is 2.63. The second kappa shape index (κ2) is 7.62. The Kier molecular flexibility index (Phi) is 5.09. The summed E-state index contributed by atoms with van der Waals surface area (Å²) in [6.45, 7) is 3.97. The van der Waals surface area contributed by atoms with E-state index < -0.39 is 0 Å². The van der Waals surface area contributed by atoms with Gasteiger partial charge in [-0.15, -0.1) is 0 Å². The van der Waals surface area contributed by atoms with Crippen molar-refractivity contribution in [3.63, 3.8) is 0 Å². The van der Waals surface area contributed by atoms with Gasteiger partial charge in [0, 0.05) is 5.56 Å². The molecule has 0 heterocycles. The summed E-state index contributed by atoms with van der Waals surface area (Å²) in [4.78, 5) is 11.9. The molecule has 1 amide bonds. The molecule has 3 aromatic carbocycles. The van der Waals surface area contributed by atoms with E-state index in [1.807, 2.05) is 74.5 Å². The summed E-state index contributed by atoms with van der Waals surface area (Å²) < 4.78 is 5.49. The number of hydrogen-bond acceptors (Lipinski definition) is 3. The van der Waals surface area contributed by atoms with Crippen LogP contribution in [0.15, 0.2) is 65.8 Å². The number of aryl methyl sites for hydroxylation is 2. The fraction of sp³-hybridized carbons (Fsp3) is 0.143. The molecule has 0 saturated carbocycles. The summed E-state index contributed by atoms with van der Waals surface area (Å²) in [5, 5.41) is 6.26. The molecular weight excluding hydrogens is 312 g/mol. The number of ether oxygens (including phenoxy) is 1. The van der Waals surface area contributed by atoms with Gasteiger partial charge in [0.2, 0.25) is 0 Å². The zero-order chi connectivity index (χ0) is 17.6. The number of rotatable bonds is 5. The van der Waals surface area contributed by atoms with Crippen LogP contribution in [0.3, 0.4) is 0 Å². The van der Waals surface area contributed by atoms with E-state index in [1.165, 1.54) is 5.56 Å². The molecule has 0 aliphatic heterocycles. The normalized spacial score (nSPS) is 11.0. The number of carbonyl (C=O) groups excluding carboxylic acids is 1. The molecule has 0 bridgehead atoms. The van der Waals surface area contributed by atoms with Crippen LogP contribution in [0.25, 0.3) is 10.8 Å². The molecule has 0 radical (unpaired) electrons. The van der Waals surface area contributed by atoms with E-state index in [9.17, 15) is 4.79 Å². The maximum Gasteiger partial charge on any atom is 0.277 e. The molecule has 0 aliphatic rings. The predicted molar refractivity (Wildman–Crippen MR) is 101 cm³/mol. The Morgan fingerprint density at radius 1 is 1.04 bits per heavy atom. The molecule has 3 rings (SSSR count). The molecule has 0 aromatic heterocycles. The molecule has 0 fully saturated rings. The summed E-state index contributed by atoms with van der Waals surface area (Å²) in [5.74, 6) is 0.381. The molecule has 0 unspecified atom stereocenters. The van der Waals surface area contributed by atoms with E-state index >= 15 is 0 Å². The molecule has 4 heteroatoms. The third-order valence-electron chi connectivity index (χ3n) is 4.06. The SMILES string of the molecule is Cc1ccc(OCC(=O)NN=Cc2cccc3ccccc23)cc1C. The zero-order valence-electron chi connectivity index (χ0n) is 14.3. The number of carbonyl (C=O) groups is 1. The second-order valence-electron chi connectivity index (χ2n) is 5.90. The van der Waals surface area contributed by atoms with Gasteiger partial charge in [0.1, 0.15) is 5.75 Å². The van der Waals surface area contributed by atoms with E-state index in [2.05, 4.69) is 10.5 Å². The minimum Gasteiger partial charge on any atom is -0.484 e. The summed E-state index contributed by atoms with van der Waals surface area (Å²) in [7, 11) is 0. The van der Waals surface area contributed by atoms with Gasteiger partial charge in [-0.25, -0.2) is 5.43 Å². The number of fused-ring (bicyclic) bond motifs is 1. The van der Waals surface area contributed by atoms with Gasteiger partial charge in [-0.1, -0.05) is 48.5 Å². The Morgan fingerprint density at radius 2 is 1.84 bits per heavy atom. The number of nitrogens with one attached hydrogen (secondary N) is 1. The molecule has 1 N–H and O–H groups in total. The van der Waals surface area contributed by atoms with Crippen LogP contribution in [0.4, 0.5) is 0 Å². The lowest BCUT2D eigenvalue weighted by Crippen LogP contribution is -2.24. The molecule has 0 spiro atoms. The topological polar surface area (TPSA) is 50.7 Å². The van der Waals surface area contributed by atoms with Gasteiger partial charge in [0.25, 0.3) is 5.91 Å². The highest BCUT2D eigenvalue weighted by molar-refractivity contribution is 5.99. The van der Waals surface area contributed by atoms with Crippen LogP contribution in [0.2, 0.25) is 0 Å². The Balaban J connectivity index is 1.58. The van der Waals surface area contributed by atoms with E-state index in [1.54, 1.807) is 6.21 Å². The second-order valence-corrected chi connectivity index (χ2v) is 5.90. The van der Waals surface area contributed by atoms with E-state index in [4.69, 9.17) is 4.74 Å². The third kappa shape index (κ3) is 4.23. The number of nitrogens with zero attached hydrogens (tertiary/aromatic N) is 1. The van der Waals surface area contributed by atoms with E-state index in [0.29, 0.717) is 5.75 Å². The summed E-state index contributed by atoms with van der Waals surface area (Å²) in [6, 6.07) is 19.8. The van der Waals surface area contributed by atoms with Crippen LogP contribution in [-0.2, 0) is 4.79 Å². The first-order valence-electron chi connectivity index (χ1n) is 8.13. The highest BCUT2D eigenvalue weighted by atomic mass is 16.5. The van der Waals surface area contributed by atoms with Crippen molar-refractivity contribution in [2.24, 2.45) is 5.10 Å². The molecule has 0 aliphatic carbocycles. The maximum atomic E-state index is 11.9. The van der Waals surface area contributed by atoms with Crippen molar-refractivity contribution in [1.82, 2.24) is 5.43 Å². The predicted octanol–water partition coefficient (Wildman–Crippen LogP) is 3.99. The smallest absolute Gasteiger partial charge is 0.277 e. The fourth-order valence-corrected chi connectivity index (χ4v) is 2.52. The maximum absolute atomic E-state index is 11.9. The highest BCUT2D eigenvalue weighted by Gasteiger charge is 2.03. The van der Waals surface area contributed by atoms with Gasteiger partial charge in [0.15, 0.2) is 6.61 Å². The van der Waals surface area contributed by atoms with Crippen molar-refractivity contribution in [3.8, 4) is 5.75 Å². The molecular formula is C21H20N2O2.